The number of phenolic OH excluding ortho intramolecular Hbond substituents is 1. The number of likely N-dealkylation sites (tertiary alicyclic amines) is 1. The van der Waals surface area contributed by atoms with Crippen LogP contribution in [0.5, 0.6) is 5.75 Å². The molecule has 1 aliphatic heterocycles. The Kier molecular flexibility index (Phi) is 4.28. The SMILES string of the molecule is Oc1ccc(C(O)CN2C[C@@H]3C[C@@](O)(c4ccccc4)C[C@@H]3C2)cc1. The highest BCUT2D eigenvalue weighted by atomic mass is 16.3. The molecule has 0 radical (unpaired) electrons. The minimum Gasteiger partial charge on any atom is -0.508 e. The fourth-order valence-electron chi connectivity index (χ4n) is 4.63. The molecule has 1 unspecified atom stereocenters. The van der Waals surface area contributed by atoms with Gasteiger partial charge < -0.3 is 15.3 Å². The van der Waals surface area contributed by atoms with E-state index in [1.807, 2.05) is 30.3 Å². The number of aliphatic hydroxyl groups is 2. The van der Waals surface area contributed by atoms with Crippen LogP contribution in [0.4, 0.5) is 0 Å². The Morgan fingerprint density at radius 3 is 2.16 bits per heavy atom. The van der Waals surface area contributed by atoms with E-state index in [0.29, 0.717) is 18.4 Å². The number of nitrogens with zero attached hydrogens (tertiary/aromatic N) is 1. The Labute approximate surface area is 148 Å². The third-order valence-electron chi connectivity index (χ3n) is 5.87. The molecule has 4 atom stereocenters. The molecule has 4 rings (SSSR count). The lowest BCUT2D eigenvalue weighted by Gasteiger charge is -2.27. The van der Waals surface area contributed by atoms with E-state index in [1.54, 1.807) is 24.3 Å². The van der Waals surface area contributed by atoms with Crippen LogP contribution < -0.4 is 0 Å². The van der Waals surface area contributed by atoms with Crippen molar-refractivity contribution in [3.05, 3.63) is 65.7 Å². The normalized spacial score (nSPS) is 30.3. The van der Waals surface area contributed by atoms with Gasteiger partial charge in [-0.2, -0.15) is 0 Å². The first-order valence-corrected chi connectivity index (χ1v) is 9.01. The summed E-state index contributed by atoms with van der Waals surface area (Å²) >= 11 is 0. The van der Waals surface area contributed by atoms with Gasteiger partial charge in [-0.15, -0.1) is 0 Å². The lowest BCUT2D eigenvalue weighted by molar-refractivity contribution is 0.0288. The summed E-state index contributed by atoms with van der Waals surface area (Å²) in [5.74, 6) is 1.18. The second kappa shape index (κ2) is 6.45. The molecule has 4 nitrogen and oxygen atoms in total. The number of benzene rings is 2. The summed E-state index contributed by atoms with van der Waals surface area (Å²) in [6.07, 6.45) is 1.05. The highest BCUT2D eigenvalue weighted by Crippen LogP contribution is 2.49. The fourth-order valence-corrected chi connectivity index (χ4v) is 4.63. The molecule has 2 fully saturated rings. The summed E-state index contributed by atoms with van der Waals surface area (Å²) in [6, 6.07) is 16.8. The Balaban J connectivity index is 1.37. The van der Waals surface area contributed by atoms with Crippen LogP contribution >= 0.6 is 0 Å². The van der Waals surface area contributed by atoms with Crippen LogP contribution in [0.15, 0.2) is 54.6 Å². The maximum absolute atomic E-state index is 11.0. The predicted molar refractivity (Wildman–Crippen MR) is 96.1 cm³/mol. The number of β-amino-alcohol motifs (C(OH)–C–C–N with tert-alkyl or cyclic N) is 1. The quantitative estimate of drug-likeness (QED) is 0.801. The molecule has 0 amide bonds. The Hall–Kier alpha value is -1.88. The van der Waals surface area contributed by atoms with Gasteiger partial charge in [-0.05, 0) is 47.9 Å². The molecule has 0 bridgehead atoms. The van der Waals surface area contributed by atoms with Gasteiger partial charge in [-0.3, -0.25) is 4.90 Å². The molecular formula is C21H25NO3. The third-order valence-corrected chi connectivity index (χ3v) is 5.87. The monoisotopic (exact) mass is 339 g/mol. The molecule has 2 aliphatic rings. The van der Waals surface area contributed by atoms with Gasteiger partial charge in [-0.1, -0.05) is 42.5 Å². The van der Waals surface area contributed by atoms with Crippen molar-refractivity contribution < 1.29 is 15.3 Å². The van der Waals surface area contributed by atoms with Gasteiger partial charge in [0.15, 0.2) is 0 Å². The summed E-state index contributed by atoms with van der Waals surface area (Å²) in [5, 5.41) is 30.9. The summed E-state index contributed by atoms with van der Waals surface area (Å²) in [7, 11) is 0. The number of aliphatic hydroxyl groups excluding tert-OH is 1. The van der Waals surface area contributed by atoms with E-state index in [1.165, 1.54) is 0 Å². The number of aromatic hydroxyl groups is 1. The zero-order valence-corrected chi connectivity index (χ0v) is 14.3. The van der Waals surface area contributed by atoms with Crippen LogP contribution in [0, 0.1) is 11.8 Å². The van der Waals surface area contributed by atoms with E-state index in [9.17, 15) is 15.3 Å². The van der Waals surface area contributed by atoms with Crippen LogP contribution in [0.1, 0.15) is 30.1 Å². The highest BCUT2D eigenvalue weighted by Gasteiger charge is 2.49. The molecule has 132 valence electrons. The van der Waals surface area contributed by atoms with Crippen LogP contribution in [0.25, 0.3) is 0 Å². The molecular weight excluding hydrogens is 314 g/mol. The van der Waals surface area contributed by atoms with Crippen LogP contribution in [0.2, 0.25) is 0 Å². The Morgan fingerprint density at radius 2 is 1.56 bits per heavy atom. The first-order chi connectivity index (χ1) is 12.0. The van der Waals surface area contributed by atoms with Crippen molar-refractivity contribution in [3.63, 3.8) is 0 Å². The summed E-state index contributed by atoms with van der Waals surface area (Å²) < 4.78 is 0. The van der Waals surface area contributed by atoms with Crippen molar-refractivity contribution in [2.75, 3.05) is 19.6 Å². The summed E-state index contributed by atoms with van der Waals surface area (Å²) in [4.78, 5) is 2.30. The van der Waals surface area contributed by atoms with Gasteiger partial charge in [0.05, 0.1) is 11.7 Å². The average molecular weight is 339 g/mol. The van der Waals surface area contributed by atoms with E-state index in [0.717, 1.165) is 37.1 Å². The van der Waals surface area contributed by atoms with Crippen molar-refractivity contribution in [2.24, 2.45) is 11.8 Å². The molecule has 2 aromatic carbocycles. The number of fused-ring (bicyclic) bond motifs is 1. The number of hydrogen-bond donors (Lipinski definition) is 3. The molecule has 4 heteroatoms. The maximum atomic E-state index is 11.0. The Morgan fingerprint density at radius 1 is 0.960 bits per heavy atom. The molecule has 0 spiro atoms. The first kappa shape index (κ1) is 16.6. The number of phenols is 1. The molecule has 25 heavy (non-hydrogen) atoms. The lowest BCUT2D eigenvalue weighted by atomic mass is 9.90. The van der Waals surface area contributed by atoms with E-state index in [4.69, 9.17) is 0 Å². The first-order valence-electron chi connectivity index (χ1n) is 9.01. The van der Waals surface area contributed by atoms with E-state index >= 15 is 0 Å². The minimum atomic E-state index is -0.696. The summed E-state index contributed by atoms with van der Waals surface area (Å²) in [6.45, 7) is 2.45. The number of rotatable bonds is 4. The molecule has 2 aromatic rings. The molecule has 1 heterocycles. The van der Waals surface area contributed by atoms with Crippen molar-refractivity contribution in [3.8, 4) is 5.75 Å². The molecule has 1 aliphatic carbocycles. The Bertz CT molecular complexity index is 702. The van der Waals surface area contributed by atoms with Crippen molar-refractivity contribution in [2.45, 2.75) is 24.5 Å². The van der Waals surface area contributed by atoms with Gasteiger partial charge in [0.2, 0.25) is 0 Å². The van der Waals surface area contributed by atoms with Gasteiger partial charge in [0.25, 0.3) is 0 Å². The van der Waals surface area contributed by atoms with Crippen LogP contribution in [-0.2, 0) is 5.60 Å². The maximum Gasteiger partial charge on any atom is 0.115 e. The van der Waals surface area contributed by atoms with Gasteiger partial charge in [-0.25, -0.2) is 0 Å². The van der Waals surface area contributed by atoms with E-state index in [2.05, 4.69) is 4.90 Å². The lowest BCUT2D eigenvalue weighted by Crippen LogP contribution is -2.30. The molecule has 1 saturated heterocycles. The van der Waals surface area contributed by atoms with Crippen molar-refractivity contribution in [1.82, 2.24) is 4.90 Å². The zero-order chi connectivity index (χ0) is 17.4. The van der Waals surface area contributed by atoms with Gasteiger partial charge in [0, 0.05) is 19.6 Å². The fraction of sp³-hybridized carbons (Fsp3) is 0.429. The standard InChI is InChI=1S/C21H25NO3/c23-19-8-6-15(7-9-19)20(24)14-22-12-16-10-21(25,11-17(16)13-22)18-4-2-1-3-5-18/h1-9,16-17,20,23-25H,10-14H2/t16-,17+,20?,21-. The zero-order valence-electron chi connectivity index (χ0n) is 14.3. The van der Waals surface area contributed by atoms with E-state index in [-0.39, 0.29) is 5.75 Å². The summed E-state index contributed by atoms with van der Waals surface area (Å²) in [5.41, 5.74) is 1.16. The molecule has 1 saturated carbocycles. The van der Waals surface area contributed by atoms with Gasteiger partial charge >= 0.3 is 0 Å². The van der Waals surface area contributed by atoms with Crippen molar-refractivity contribution >= 4 is 0 Å². The highest BCUT2D eigenvalue weighted by molar-refractivity contribution is 5.28. The topological polar surface area (TPSA) is 63.9 Å². The molecule has 0 aromatic heterocycles. The number of hydrogen-bond acceptors (Lipinski definition) is 4. The van der Waals surface area contributed by atoms with Crippen LogP contribution in [0.3, 0.4) is 0 Å². The van der Waals surface area contributed by atoms with Gasteiger partial charge in [0.1, 0.15) is 5.75 Å². The van der Waals surface area contributed by atoms with E-state index < -0.39 is 11.7 Å². The molecule has 3 N–H and O–H groups in total. The average Bonchev–Trinajstić information content (AvgIpc) is 3.11. The second-order valence-corrected chi connectivity index (χ2v) is 7.65. The van der Waals surface area contributed by atoms with Crippen LogP contribution in [-0.4, -0.2) is 39.9 Å². The largest absolute Gasteiger partial charge is 0.508 e. The second-order valence-electron chi connectivity index (χ2n) is 7.65. The van der Waals surface area contributed by atoms with Crippen molar-refractivity contribution in [1.29, 1.82) is 0 Å². The third kappa shape index (κ3) is 3.30. The smallest absolute Gasteiger partial charge is 0.115 e. The minimum absolute atomic E-state index is 0.215. The predicted octanol–water partition coefficient (Wildman–Crippen LogP) is 2.66.